The van der Waals surface area contributed by atoms with Crippen LogP contribution in [0.3, 0.4) is 0 Å². The van der Waals surface area contributed by atoms with Crippen LogP contribution in [0, 0.1) is 5.41 Å². The van der Waals surface area contributed by atoms with E-state index in [0.29, 0.717) is 6.42 Å². The molecule has 8 atom stereocenters. The third kappa shape index (κ3) is 15.9. The van der Waals surface area contributed by atoms with Crippen molar-refractivity contribution in [2.75, 3.05) is 37.8 Å². The van der Waals surface area contributed by atoms with Crippen LogP contribution < -0.4 is 16.4 Å². The van der Waals surface area contributed by atoms with Crippen LogP contribution in [0.4, 0.5) is 5.82 Å². The van der Waals surface area contributed by atoms with Gasteiger partial charge in [0.1, 0.15) is 36.3 Å². The zero-order valence-electron chi connectivity index (χ0n) is 30.4. The summed E-state index contributed by atoms with van der Waals surface area (Å²) in [5.74, 6) is -1.24. The van der Waals surface area contributed by atoms with Gasteiger partial charge >= 0.3 is 132 Å². The SMILES string of the molecule is CC(C)(COP(=O)(O)OP(=O)(O)OC[C@H]1O[C@@H](n2cnc3c(N)ncnc32)[C@H](O)[C@@H]1OP(=O)(O)O)[C@@H](O)C(=O)NCCC(=O)NCCSC(=O)CC(O)CCC[As]. The summed E-state index contributed by atoms with van der Waals surface area (Å²) in [6.07, 6.45) is -6.41. The Morgan fingerprint density at radius 3 is 2.42 bits per heavy atom. The van der Waals surface area contributed by atoms with Crippen molar-refractivity contribution in [3.63, 3.8) is 0 Å². The number of carbonyl (C=O) groups excluding carboxylic acids is 3. The fourth-order valence-electron chi connectivity index (χ4n) is 4.98. The molecule has 3 unspecified atom stereocenters. The Bertz CT molecular complexity index is 1840. The van der Waals surface area contributed by atoms with E-state index < -0.39 is 90.7 Å². The number of aromatic nitrogens is 4. The van der Waals surface area contributed by atoms with Crippen LogP contribution in [0.15, 0.2) is 12.7 Å². The topological polar surface area (TPSA) is 384 Å². The molecule has 1 fully saturated rings. The fourth-order valence-corrected chi connectivity index (χ4v) is 8.93. The van der Waals surface area contributed by atoms with Crippen molar-refractivity contribution >= 4 is 86.0 Å². The minimum absolute atomic E-state index is 0.00744. The number of phosphoric acid groups is 3. The number of aliphatic hydroxyl groups is 3. The molecule has 2 aromatic rings. The molecular formula is C27H45AsN7O18P3S. The number of amides is 2. The fraction of sp³-hybridized carbons (Fsp3) is 0.704. The molecule has 0 bridgehead atoms. The Hall–Kier alpha value is -1.92. The summed E-state index contributed by atoms with van der Waals surface area (Å²) >= 11 is 3.37. The number of nitrogen functional groups attached to an aromatic ring is 1. The van der Waals surface area contributed by atoms with E-state index in [0.717, 1.165) is 40.6 Å². The zero-order valence-corrected chi connectivity index (χ0v) is 35.8. The maximum atomic E-state index is 12.7. The normalized spacial score (nSPS) is 22.1. The van der Waals surface area contributed by atoms with Gasteiger partial charge in [0.15, 0.2) is 17.7 Å². The number of carbonyl (C=O) groups is 3. The molecule has 1 saturated heterocycles. The van der Waals surface area contributed by atoms with Crippen LogP contribution in [0.5, 0.6) is 0 Å². The molecule has 0 aliphatic carbocycles. The Kier molecular flexibility index (Phi) is 18.7. The van der Waals surface area contributed by atoms with Crippen molar-refractivity contribution in [2.24, 2.45) is 5.41 Å². The number of imidazole rings is 1. The number of thioether (sulfide) groups is 1. The molecule has 25 nitrogen and oxygen atoms in total. The van der Waals surface area contributed by atoms with Gasteiger partial charge < -0.3 is 45.6 Å². The van der Waals surface area contributed by atoms with Crippen molar-refractivity contribution in [3.05, 3.63) is 12.7 Å². The summed E-state index contributed by atoms with van der Waals surface area (Å²) in [5.41, 5.74) is 4.24. The molecule has 57 heavy (non-hydrogen) atoms. The van der Waals surface area contributed by atoms with E-state index in [1.54, 1.807) is 0 Å². The zero-order chi connectivity index (χ0) is 42.8. The first-order valence-electron chi connectivity index (χ1n) is 16.8. The number of hydrogen-bond donors (Lipinski definition) is 10. The number of nitrogens with zero attached hydrogens (tertiary/aromatic N) is 4. The van der Waals surface area contributed by atoms with E-state index in [1.807, 2.05) is 0 Å². The van der Waals surface area contributed by atoms with Gasteiger partial charge in [0.05, 0.1) is 19.5 Å². The Morgan fingerprint density at radius 1 is 1.07 bits per heavy atom. The van der Waals surface area contributed by atoms with E-state index >= 15 is 0 Å². The van der Waals surface area contributed by atoms with E-state index in [1.165, 1.54) is 13.8 Å². The van der Waals surface area contributed by atoms with Crippen LogP contribution in [0.1, 0.15) is 45.8 Å². The molecule has 0 aromatic carbocycles. The number of ether oxygens (including phenoxy) is 1. The van der Waals surface area contributed by atoms with E-state index in [-0.39, 0.29) is 53.8 Å². The average Bonchev–Trinajstić information content (AvgIpc) is 3.67. The maximum absolute atomic E-state index is 12.7. The number of nitrogens with one attached hydrogen (secondary N) is 2. The number of nitrogens with two attached hydrogens (primary N) is 1. The molecule has 1 aliphatic heterocycles. The quantitative estimate of drug-likeness (QED) is 0.0335. The van der Waals surface area contributed by atoms with Crippen molar-refractivity contribution in [2.45, 2.75) is 81.5 Å². The Labute approximate surface area is 338 Å². The van der Waals surface area contributed by atoms with Crippen molar-refractivity contribution < 1.29 is 85.6 Å². The van der Waals surface area contributed by atoms with E-state index in [4.69, 9.17) is 19.5 Å². The van der Waals surface area contributed by atoms with Gasteiger partial charge in [-0.2, -0.15) is 4.31 Å². The van der Waals surface area contributed by atoms with Gasteiger partial charge in [-0.25, -0.2) is 28.6 Å². The summed E-state index contributed by atoms with van der Waals surface area (Å²) < 4.78 is 62.1. The van der Waals surface area contributed by atoms with Crippen LogP contribution in [0.25, 0.3) is 11.2 Å². The third-order valence-corrected chi connectivity index (χ3v) is 12.5. The number of fused-ring (bicyclic) bond motifs is 1. The summed E-state index contributed by atoms with van der Waals surface area (Å²) in [6.45, 7) is 0.374. The molecule has 3 rings (SSSR count). The van der Waals surface area contributed by atoms with Crippen molar-refractivity contribution in [3.8, 4) is 0 Å². The first kappa shape index (κ1) is 49.4. The van der Waals surface area contributed by atoms with Crippen LogP contribution in [-0.4, -0.2) is 151 Å². The molecule has 322 valence electrons. The Balaban J connectivity index is 1.46. The van der Waals surface area contributed by atoms with E-state index in [2.05, 4.69) is 51.3 Å². The third-order valence-electron chi connectivity index (χ3n) is 7.86. The summed E-state index contributed by atoms with van der Waals surface area (Å²) in [5, 5.41) is 36.8. The van der Waals surface area contributed by atoms with Gasteiger partial charge in [-0.05, 0) is 0 Å². The standard InChI is InChI=1S/C27H45AsN7O18P3S/c1-27(2,22(40)25(41)31-7-5-17(37)30-8-9-57-18(38)10-15(36)4-3-6-28)12-50-56(47,48)53-55(45,46)49-11-16-21(52-54(42,43)44)20(39)26(51-16)35-14-34-19-23(29)32-13-33-24(19)35/h13-16,20-22,26,36,39-40H,3-12H2,1-2H3,(H,30,37)(H,31,41)(H,45,46)(H,47,48)(H2,29,32,33)(H2,42,43,44)/t15?,16-,20-,21-,22+,26-/m1/s1. The first-order chi connectivity index (χ1) is 26.4. The predicted molar refractivity (Wildman–Crippen MR) is 198 cm³/mol. The molecule has 1 aliphatic rings. The summed E-state index contributed by atoms with van der Waals surface area (Å²) in [4.78, 5) is 87.5. The van der Waals surface area contributed by atoms with Crippen molar-refractivity contribution in [1.29, 1.82) is 0 Å². The Morgan fingerprint density at radius 2 is 1.75 bits per heavy atom. The summed E-state index contributed by atoms with van der Waals surface area (Å²) in [6, 6.07) is 0. The molecule has 0 spiro atoms. The number of anilines is 1. The second-order valence-electron chi connectivity index (χ2n) is 13.0. The molecular weight excluding hydrogens is 910 g/mol. The first-order valence-corrected chi connectivity index (χ1v) is 23.6. The predicted octanol–water partition coefficient (Wildman–Crippen LogP) is -1.22. The molecule has 2 aromatic heterocycles. The monoisotopic (exact) mass is 955 g/mol. The molecule has 0 saturated carbocycles. The van der Waals surface area contributed by atoms with Gasteiger partial charge in [-0.1, -0.05) is 13.8 Å². The molecule has 2 amide bonds. The molecule has 3 heterocycles. The van der Waals surface area contributed by atoms with Gasteiger partial charge in [-0.15, -0.1) is 0 Å². The van der Waals surface area contributed by atoms with Crippen molar-refractivity contribution in [1.82, 2.24) is 30.2 Å². The number of phosphoric ester groups is 3. The molecule has 30 heteroatoms. The van der Waals surface area contributed by atoms with E-state index in [9.17, 15) is 63.0 Å². The van der Waals surface area contributed by atoms with Crippen LogP contribution in [-0.2, 0) is 50.7 Å². The average molecular weight is 956 g/mol. The number of aliphatic hydroxyl groups excluding tert-OH is 3. The second-order valence-corrected chi connectivity index (χ2v) is 19.3. The molecule has 11 N–H and O–H groups in total. The van der Waals surface area contributed by atoms with Gasteiger partial charge in [-0.3, -0.25) is 22.9 Å². The van der Waals surface area contributed by atoms with Gasteiger partial charge in [0.25, 0.3) is 0 Å². The van der Waals surface area contributed by atoms with Gasteiger partial charge in [0.2, 0.25) is 5.91 Å². The second kappa shape index (κ2) is 21.6. The summed E-state index contributed by atoms with van der Waals surface area (Å²) in [7, 11) is -16.4. The number of hydrogen-bond acceptors (Lipinski definition) is 19. The minimum atomic E-state index is -5.58. The number of rotatable bonds is 24. The molecule has 2 radical (unpaired) electrons. The van der Waals surface area contributed by atoms with Gasteiger partial charge in [0, 0.05) is 12.0 Å². The van der Waals surface area contributed by atoms with Crippen LogP contribution in [0.2, 0.25) is 5.21 Å². The van der Waals surface area contributed by atoms with Crippen LogP contribution >= 0.6 is 35.2 Å².